The molecule has 0 radical (unpaired) electrons. The molecular weight excluding hydrogens is 240 g/mol. The molecule has 1 aromatic heterocycles. The van der Waals surface area contributed by atoms with E-state index in [2.05, 4.69) is 16.4 Å². The third kappa shape index (κ3) is 2.89. The average Bonchev–Trinajstić information content (AvgIpc) is 2.48. The summed E-state index contributed by atoms with van der Waals surface area (Å²) in [7, 11) is 0. The van der Waals surface area contributed by atoms with Gasteiger partial charge in [0.15, 0.2) is 0 Å². The van der Waals surface area contributed by atoms with Crippen LogP contribution in [-0.2, 0) is 0 Å². The van der Waals surface area contributed by atoms with Crippen LogP contribution < -0.4 is 5.32 Å². The number of amides is 1. The maximum Gasteiger partial charge on any atom is 0.271 e. The molecule has 96 valence electrons. The molecule has 0 spiro atoms. The minimum atomic E-state index is -0.759. The number of aromatic nitrogens is 1. The lowest BCUT2D eigenvalue weighted by Gasteiger charge is -2.31. The molecule has 0 saturated heterocycles. The van der Waals surface area contributed by atoms with E-state index in [0.717, 1.165) is 19.3 Å². The number of carbonyl (C=O) groups excluding carboxylic acids is 1. The lowest BCUT2D eigenvalue weighted by atomic mass is 9.83. The second-order valence-corrected chi connectivity index (χ2v) is 4.75. The SMILES string of the molecule is N#Cc1ccc(C(=O)NC2(C#N)CCCCC2)nc1. The largest absolute Gasteiger partial charge is 0.332 e. The number of carbonyl (C=O) groups is 1. The van der Waals surface area contributed by atoms with E-state index in [9.17, 15) is 10.1 Å². The minimum absolute atomic E-state index is 0.235. The molecule has 0 aromatic carbocycles. The first-order chi connectivity index (χ1) is 9.19. The van der Waals surface area contributed by atoms with Crippen molar-refractivity contribution < 1.29 is 4.79 Å². The molecule has 5 heteroatoms. The first-order valence-electron chi connectivity index (χ1n) is 6.29. The normalized spacial score (nSPS) is 16.9. The van der Waals surface area contributed by atoms with Gasteiger partial charge in [-0.1, -0.05) is 19.3 Å². The second-order valence-electron chi connectivity index (χ2n) is 4.75. The van der Waals surface area contributed by atoms with Gasteiger partial charge in [0, 0.05) is 6.20 Å². The molecule has 1 fully saturated rings. The number of nitrogens with zero attached hydrogens (tertiary/aromatic N) is 3. The Kier molecular flexibility index (Phi) is 3.77. The molecule has 0 bridgehead atoms. The number of nitrogens with one attached hydrogen (secondary N) is 1. The molecule has 19 heavy (non-hydrogen) atoms. The summed E-state index contributed by atoms with van der Waals surface area (Å²) in [4.78, 5) is 16.0. The number of rotatable bonds is 2. The monoisotopic (exact) mass is 254 g/mol. The van der Waals surface area contributed by atoms with Crippen molar-refractivity contribution in [1.82, 2.24) is 10.3 Å². The maximum absolute atomic E-state index is 12.1. The van der Waals surface area contributed by atoms with E-state index >= 15 is 0 Å². The molecule has 0 unspecified atom stereocenters. The summed E-state index contributed by atoms with van der Waals surface area (Å²) in [6, 6.07) is 7.22. The van der Waals surface area contributed by atoms with E-state index < -0.39 is 5.54 Å². The van der Waals surface area contributed by atoms with Crippen LogP contribution in [-0.4, -0.2) is 16.4 Å². The highest BCUT2D eigenvalue weighted by molar-refractivity contribution is 5.93. The zero-order valence-corrected chi connectivity index (χ0v) is 10.5. The van der Waals surface area contributed by atoms with Crippen molar-refractivity contribution in [2.45, 2.75) is 37.6 Å². The Labute approximate surface area is 111 Å². The van der Waals surface area contributed by atoms with Crippen LogP contribution >= 0.6 is 0 Å². The molecule has 1 heterocycles. The predicted octanol–water partition coefficient (Wildman–Crippen LogP) is 1.91. The van der Waals surface area contributed by atoms with Gasteiger partial charge in [0.25, 0.3) is 5.91 Å². The summed E-state index contributed by atoms with van der Waals surface area (Å²) in [6.07, 6.45) is 5.74. The molecule has 1 aliphatic rings. The number of nitriles is 2. The van der Waals surface area contributed by atoms with Crippen molar-refractivity contribution >= 4 is 5.91 Å². The highest BCUT2D eigenvalue weighted by Crippen LogP contribution is 2.27. The summed E-state index contributed by atoms with van der Waals surface area (Å²) in [6.45, 7) is 0. The molecule has 5 nitrogen and oxygen atoms in total. The fourth-order valence-electron chi connectivity index (χ4n) is 2.30. The van der Waals surface area contributed by atoms with Crippen LogP contribution in [0.25, 0.3) is 0 Å². The molecule has 1 saturated carbocycles. The first-order valence-corrected chi connectivity index (χ1v) is 6.29. The molecule has 1 aliphatic carbocycles. The van der Waals surface area contributed by atoms with Gasteiger partial charge >= 0.3 is 0 Å². The Morgan fingerprint density at radius 1 is 1.26 bits per heavy atom. The number of hydrogen-bond acceptors (Lipinski definition) is 4. The van der Waals surface area contributed by atoms with Gasteiger partial charge in [-0.2, -0.15) is 10.5 Å². The Balaban J connectivity index is 2.11. The molecule has 1 aromatic rings. The van der Waals surface area contributed by atoms with E-state index in [4.69, 9.17) is 5.26 Å². The van der Waals surface area contributed by atoms with Gasteiger partial charge in [-0.25, -0.2) is 4.98 Å². The van der Waals surface area contributed by atoms with Crippen molar-refractivity contribution in [2.24, 2.45) is 0 Å². The second kappa shape index (κ2) is 5.49. The van der Waals surface area contributed by atoms with Crippen LogP contribution in [0.3, 0.4) is 0 Å². The zero-order chi connectivity index (χ0) is 13.7. The number of pyridine rings is 1. The first kappa shape index (κ1) is 13.0. The lowest BCUT2D eigenvalue weighted by molar-refractivity contribution is 0.0897. The third-order valence-electron chi connectivity index (χ3n) is 3.40. The molecule has 1 N–H and O–H groups in total. The van der Waals surface area contributed by atoms with Crippen LogP contribution in [0, 0.1) is 22.7 Å². The minimum Gasteiger partial charge on any atom is -0.332 e. The van der Waals surface area contributed by atoms with Gasteiger partial charge in [0.05, 0.1) is 11.6 Å². The standard InChI is InChI=1S/C14H14N4O/c15-8-11-4-5-12(17-9-11)13(19)18-14(10-16)6-2-1-3-7-14/h4-5,9H,1-3,6-7H2,(H,18,19). The molecule has 0 aliphatic heterocycles. The quantitative estimate of drug-likeness (QED) is 0.872. The smallest absolute Gasteiger partial charge is 0.271 e. The molecule has 1 amide bonds. The Morgan fingerprint density at radius 3 is 2.53 bits per heavy atom. The predicted molar refractivity (Wildman–Crippen MR) is 67.8 cm³/mol. The number of hydrogen-bond donors (Lipinski definition) is 1. The van der Waals surface area contributed by atoms with Gasteiger partial charge in [-0.05, 0) is 25.0 Å². The van der Waals surface area contributed by atoms with E-state index in [1.54, 1.807) is 6.07 Å². The van der Waals surface area contributed by atoms with Crippen molar-refractivity contribution in [3.8, 4) is 12.1 Å². The maximum atomic E-state index is 12.1. The van der Waals surface area contributed by atoms with Crippen LogP contribution in [0.1, 0.15) is 48.2 Å². The van der Waals surface area contributed by atoms with E-state index in [1.165, 1.54) is 12.3 Å². The van der Waals surface area contributed by atoms with Crippen LogP contribution in [0.2, 0.25) is 0 Å². The zero-order valence-electron chi connectivity index (χ0n) is 10.5. The van der Waals surface area contributed by atoms with Crippen molar-refractivity contribution in [3.63, 3.8) is 0 Å². The molecule has 2 rings (SSSR count). The van der Waals surface area contributed by atoms with E-state index in [0.29, 0.717) is 18.4 Å². The highest BCUT2D eigenvalue weighted by atomic mass is 16.2. The topological polar surface area (TPSA) is 89.6 Å². The van der Waals surface area contributed by atoms with Crippen molar-refractivity contribution in [1.29, 1.82) is 10.5 Å². The highest BCUT2D eigenvalue weighted by Gasteiger charge is 2.34. The average molecular weight is 254 g/mol. The van der Waals surface area contributed by atoms with Gasteiger partial charge in [-0.3, -0.25) is 4.79 Å². The summed E-state index contributed by atoms with van der Waals surface area (Å²) >= 11 is 0. The fourth-order valence-corrected chi connectivity index (χ4v) is 2.30. The van der Waals surface area contributed by atoms with Crippen LogP contribution in [0.15, 0.2) is 18.3 Å². The van der Waals surface area contributed by atoms with Crippen LogP contribution in [0.5, 0.6) is 0 Å². The van der Waals surface area contributed by atoms with Crippen molar-refractivity contribution in [3.05, 3.63) is 29.6 Å². The van der Waals surface area contributed by atoms with Gasteiger partial charge in [0.1, 0.15) is 17.3 Å². The summed E-state index contributed by atoms with van der Waals surface area (Å²) in [5.41, 5.74) is -0.117. The van der Waals surface area contributed by atoms with Crippen LogP contribution in [0.4, 0.5) is 0 Å². The molecule has 0 atom stereocenters. The summed E-state index contributed by atoms with van der Waals surface area (Å²) in [5, 5.41) is 20.8. The Bertz CT molecular complexity index is 544. The van der Waals surface area contributed by atoms with E-state index in [-0.39, 0.29) is 11.6 Å². The Hall–Kier alpha value is -2.40. The summed E-state index contributed by atoms with van der Waals surface area (Å²) < 4.78 is 0. The molecular formula is C14H14N4O. The van der Waals surface area contributed by atoms with E-state index in [1.807, 2.05) is 6.07 Å². The Morgan fingerprint density at radius 2 is 2.00 bits per heavy atom. The van der Waals surface area contributed by atoms with Crippen molar-refractivity contribution in [2.75, 3.05) is 0 Å². The van der Waals surface area contributed by atoms with Gasteiger partial charge in [0.2, 0.25) is 0 Å². The fraction of sp³-hybridized carbons (Fsp3) is 0.429. The summed E-state index contributed by atoms with van der Waals surface area (Å²) in [5.74, 6) is -0.354. The van der Waals surface area contributed by atoms with Gasteiger partial charge in [-0.15, -0.1) is 0 Å². The third-order valence-corrected chi connectivity index (χ3v) is 3.40. The van der Waals surface area contributed by atoms with Gasteiger partial charge < -0.3 is 5.32 Å². The lowest BCUT2D eigenvalue weighted by Crippen LogP contribution is -2.48.